The first-order valence-electron chi connectivity index (χ1n) is 9.61. The van der Waals surface area contributed by atoms with E-state index in [1.54, 1.807) is 0 Å². The van der Waals surface area contributed by atoms with Gasteiger partial charge in [-0.1, -0.05) is 38.3 Å². The molecule has 0 saturated carbocycles. The highest BCUT2D eigenvalue weighted by Crippen LogP contribution is 2.10. The topological polar surface area (TPSA) is 63.6 Å². The van der Waals surface area contributed by atoms with Crippen molar-refractivity contribution in [2.45, 2.75) is 77.2 Å². The average Bonchev–Trinajstić information content (AvgIpc) is 2.46. The second kappa shape index (κ2) is 13.9. The maximum atomic E-state index is 11.9. The Kier molecular flexibility index (Phi) is 13.1. The second-order valence-corrected chi connectivity index (χ2v) is 7.75. The van der Waals surface area contributed by atoms with E-state index in [4.69, 9.17) is 9.84 Å². The van der Waals surface area contributed by atoms with Gasteiger partial charge in [0.1, 0.15) is 6.54 Å². The van der Waals surface area contributed by atoms with Gasteiger partial charge in [-0.15, -0.1) is 0 Å². The van der Waals surface area contributed by atoms with Crippen molar-refractivity contribution in [1.82, 2.24) is 0 Å². The first-order valence-corrected chi connectivity index (χ1v) is 9.61. The highest BCUT2D eigenvalue weighted by atomic mass is 16.5. The number of esters is 1. The number of likely N-dealkylation sites (N-methyl/N-ethyl adjacent to an activating group) is 1. The molecule has 0 spiro atoms. The third-order valence-corrected chi connectivity index (χ3v) is 3.84. The minimum absolute atomic E-state index is 0.135. The van der Waals surface area contributed by atoms with Crippen molar-refractivity contribution in [2.75, 3.05) is 27.7 Å². The Bertz CT molecular complexity index is 399. The highest BCUT2D eigenvalue weighted by Gasteiger charge is 2.24. The Hall–Kier alpha value is -1.36. The number of carbonyl (C=O) groups is 2. The van der Waals surface area contributed by atoms with Crippen LogP contribution in [0.4, 0.5) is 0 Å². The van der Waals surface area contributed by atoms with Crippen molar-refractivity contribution >= 4 is 11.9 Å². The minimum Gasteiger partial charge on any atom is -0.481 e. The molecule has 0 aromatic carbocycles. The Labute approximate surface area is 153 Å². The van der Waals surface area contributed by atoms with Gasteiger partial charge in [0.15, 0.2) is 6.10 Å². The van der Waals surface area contributed by atoms with Crippen molar-refractivity contribution in [1.29, 1.82) is 0 Å². The standard InChI is InChI=1S/C20H37NO4/c1-5-6-7-8-9-10-11-12-13-14-15-20(24)25-18(16-19(22)23)17-21(2,3)4/h9-10,18H,5-8,11-17H2,1-4H3/p+1/b10-9+. The molecule has 0 saturated heterocycles. The lowest BCUT2D eigenvalue weighted by atomic mass is 10.1. The van der Waals surface area contributed by atoms with Crippen molar-refractivity contribution in [3.63, 3.8) is 0 Å². The van der Waals surface area contributed by atoms with Gasteiger partial charge < -0.3 is 14.3 Å². The summed E-state index contributed by atoms with van der Waals surface area (Å²) in [5, 5.41) is 8.95. The number of carbonyl (C=O) groups excluding carboxylic acids is 1. The number of nitrogens with zero attached hydrogens (tertiary/aromatic N) is 1. The van der Waals surface area contributed by atoms with E-state index in [0.717, 1.165) is 32.1 Å². The summed E-state index contributed by atoms with van der Waals surface area (Å²) in [4.78, 5) is 22.8. The molecule has 146 valence electrons. The van der Waals surface area contributed by atoms with E-state index in [9.17, 15) is 9.59 Å². The van der Waals surface area contributed by atoms with Crippen LogP contribution in [0.2, 0.25) is 0 Å². The van der Waals surface area contributed by atoms with Gasteiger partial charge in [-0.2, -0.15) is 0 Å². The molecular weight excluding hydrogens is 318 g/mol. The number of quaternary nitrogens is 1. The van der Waals surface area contributed by atoms with Gasteiger partial charge in [0.2, 0.25) is 0 Å². The second-order valence-electron chi connectivity index (χ2n) is 7.75. The summed E-state index contributed by atoms with van der Waals surface area (Å²) in [6.45, 7) is 2.71. The van der Waals surface area contributed by atoms with Gasteiger partial charge >= 0.3 is 11.9 Å². The van der Waals surface area contributed by atoms with Crippen molar-refractivity contribution in [2.24, 2.45) is 0 Å². The Morgan fingerprint density at radius 1 is 1.00 bits per heavy atom. The molecule has 0 radical (unpaired) electrons. The lowest BCUT2D eigenvalue weighted by Crippen LogP contribution is -2.43. The fourth-order valence-corrected chi connectivity index (χ4v) is 2.65. The summed E-state index contributed by atoms with van der Waals surface area (Å²) in [6.07, 6.45) is 13.1. The van der Waals surface area contributed by atoms with Gasteiger partial charge in [-0.25, -0.2) is 0 Å². The minimum atomic E-state index is -0.933. The first kappa shape index (κ1) is 23.6. The van der Waals surface area contributed by atoms with E-state index in [-0.39, 0.29) is 12.4 Å². The van der Waals surface area contributed by atoms with Crippen LogP contribution in [0.5, 0.6) is 0 Å². The number of hydrogen-bond donors (Lipinski definition) is 1. The number of unbranched alkanes of at least 4 members (excludes halogenated alkanes) is 6. The van der Waals surface area contributed by atoms with Gasteiger partial charge in [0, 0.05) is 6.42 Å². The smallest absolute Gasteiger partial charge is 0.307 e. The summed E-state index contributed by atoms with van der Waals surface area (Å²) >= 11 is 0. The summed E-state index contributed by atoms with van der Waals surface area (Å²) in [5.74, 6) is -1.22. The van der Waals surface area contributed by atoms with Crippen molar-refractivity contribution in [3.8, 4) is 0 Å². The largest absolute Gasteiger partial charge is 0.481 e. The van der Waals surface area contributed by atoms with E-state index in [1.807, 2.05) is 21.1 Å². The zero-order chi connectivity index (χ0) is 19.1. The Balaban J connectivity index is 3.87. The van der Waals surface area contributed by atoms with E-state index in [0.29, 0.717) is 17.4 Å². The van der Waals surface area contributed by atoms with E-state index >= 15 is 0 Å². The number of carboxylic acid groups (broad SMARTS) is 1. The fourth-order valence-electron chi connectivity index (χ4n) is 2.65. The molecule has 1 atom stereocenters. The summed E-state index contributed by atoms with van der Waals surface area (Å²) < 4.78 is 5.94. The lowest BCUT2D eigenvalue weighted by Gasteiger charge is -2.28. The maximum Gasteiger partial charge on any atom is 0.307 e. The number of ether oxygens (including phenoxy) is 1. The molecule has 5 nitrogen and oxygen atoms in total. The molecule has 0 amide bonds. The number of allylic oxidation sites excluding steroid dienone is 2. The first-order chi connectivity index (χ1) is 11.7. The van der Waals surface area contributed by atoms with E-state index in [1.165, 1.54) is 19.3 Å². The molecule has 0 aliphatic rings. The van der Waals surface area contributed by atoms with Crippen molar-refractivity contribution in [3.05, 3.63) is 12.2 Å². The zero-order valence-corrected chi connectivity index (χ0v) is 16.6. The summed E-state index contributed by atoms with van der Waals surface area (Å²) in [5.41, 5.74) is 0. The lowest BCUT2D eigenvalue weighted by molar-refractivity contribution is -0.873. The number of aliphatic carboxylic acids is 1. The third kappa shape index (κ3) is 17.3. The van der Waals surface area contributed by atoms with Crippen LogP contribution in [0.15, 0.2) is 12.2 Å². The predicted molar refractivity (Wildman–Crippen MR) is 101 cm³/mol. The maximum absolute atomic E-state index is 11.9. The predicted octanol–water partition coefficient (Wildman–Crippen LogP) is 4.17. The normalized spacial score (nSPS) is 13.1. The van der Waals surface area contributed by atoms with Crippen LogP contribution in [-0.2, 0) is 14.3 Å². The molecule has 0 aromatic heterocycles. The van der Waals surface area contributed by atoms with Gasteiger partial charge in [0.25, 0.3) is 0 Å². The molecule has 0 heterocycles. The number of hydrogen-bond acceptors (Lipinski definition) is 3. The highest BCUT2D eigenvalue weighted by molar-refractivity contribution is 5.71. The number of carboxylic acids is 1. The van der Waals surface area contributed by atoms with E-state index < -0.39 is 12.1 Å². The monoisotopic (exact) mass is 356 g/mol. The Morgan fingerprint density at radius 2 is 1.60 bits per heavy atom. The molecule has 0 aliphatic carbocycles. The molecule has 0 fully saturated rings. The molecule has 0 aromatic rings. The van der Waals surface area contributed by atoms with E-state index in [2.05, 4.69) is 19.1 Å². The molecule has 5 heteroatoms. The van der Waals surface area contributed by atoms with Crippen LogP contribution in [0.25, 0.3) is 0 Å². The number of rotatable bonds is 15. The molecule has 25 heavy (non-hydrogen) atoms. The quantitative estimate of drug-likeness (QED) is 0.207. The molecule has 0 rings (SSSR count). The van der Waals surface area contributed by atoms with Gasteiger partial charge in [-0.3, -0.25) is 9.59 Å². The molecular formula is C20H38NO4+. The molecule has 1 N–H and O–H groups in total. The SMILES string of the molecule is CCCCC/C=C/CCCCCC(=O)OC(CC(=O)O)C[N+](C)(C)C. The third-order valence-electron chi connectivity index (χ3n) is 3.84. The summed E-state index contributed by atoms with van der Waals surface area (Å²) in [6, 6.07) is 0. The molecule has 0 aliphatic heterocycles. The van der Waals surface area contributed by atoms with Crippen LogP contribution in [0, 0.1) is 0 Å². The molecule has 1 unspecified atom stereocenters. The van der Waals surface area contributed by atoms with Crippen LogP contribution in [-0.4, -0.2) is 55.3 Å². The van der Waals surface area contributed by atoms with Gasteiger partial charge in [0.05, 0.1) is 27.6 Å². The van der Waals surface area contributed by atoms with Crippen molar-refractivity contribution < 1.29 is 23.9 Å². The van der Waals surface area contributed by atoms with Crippen LogP contribution < -0.4 is 0 Å². The summed E-state index contributed by atoms with van der Waals surface area (Å²) in [7, 11) is 5.87. The average molecular weight is 357 g/mol. The van der Waals surface area contributed by atoms with Crippen LogP contribution >= 0.6 is 0 Å². The zero-order valence-electron chi connectivity index (χ0n) is 16.6. The fraction of sp³-hybridized carbons (Fsp3) is 0.800. The molecule has 0 bridgehead atoms. The van der Waals surface area contributed by atoms with Gasteiger partial charge in [-0.05, 0) is 32.1 Å². The Morgan fingerprint density at radius 3 is 2.12 bits per heavy atom. The van der Waals surface area contributed by atoms with Crippen LogP contribution in [0.1, 0.15) is 71.1 Å². The van der Waals surface area contributed by atoms with Crippen LogP contribution in [0.3, 0.4) is 0 Å².